The Bertz CT molecular complexity index is 729. The molecule has 2 aromatic heterocycles. The molecule has 0 bridgehead atoms. The molecule has 1 N–H and O–H groups in total. The van der Waals surface area contributed by atoms with Crippen molar-refractivity contribution in [1.29, 1.82) is 0 Å². The van der Waals surface area contributed by atoms with E-state index in [2.05, 4.69) is 20.3 Å². The van der Waals surface area contributed by atoms with Gasteiger partial charge in [-0.3, -0.25) is 5.10 Å². The second-order valence-electron chi connectivity index (χ2n) is 5.05. The lowest BCUT2D eigenvalue weighted by Crippen LogP contribution is -1.99. The number of aromatic amines is 1. The molecule has 0 saturated carbocycles. The van der Waals surface area contributed by atoms with Crippen LogP contribution in [0.25, 0.3) is 22.8 Å². The zero-order valence-electron chi connectivity index (χ0n) is 11.3. The van der Waals surface area contributed by atoms with Gasteiger partial charge in [-0.25, -0.2) is 0 Å². The van der Waals surface area contributed by atoms with Crippen LogP contribution in [0.5, 0.6) is 0 Å². The van der Waals surface area contributed by atoms with Crippen LogP contribution in [0.2, 0.25) is 0 Å². The van der Waals surface area contributed by atoms with Gasteiger partial charge in [0.25, 0.3) is 5.89 Å². The molecule has 3 heterocycles. The molecule has 0 aliphatic carbocycles. The zero-order valence-corrected chi connectivity index (χ0v) is 11.3. The maximum Gasteiger partial charge on any atom is 0.275 e. The quantitative estimate of drug-likeness (QED) is 0.799. The smallest absolute Gasteiger partial charge is 0.275 e. The summed E-state index contributed by atoms with van der Waals surface area (Å²) in [5.41, 5.74) is 2.63. The van der Waals surface area contributed by atoms with Gasteiger partial charge in [0.05, 0.1) is 12.3 Å². The van der Waals surface area contributed by atoms with Gasteiger partial charge in [0.1, 0.15) is 5.69 Å². The third-order valence-electron chi connectivity index (χ3n) is 3.61. The van der Waals surface area contributed by atoms with Gasteiger partial charge in [-0.2, -0.15) is 10.1 Å². The van der Waals surface area contributed by atoms with Crippen LogP contribution in [0.15, 0.2) is 40.9 Å². The summed E-state index contributed by atoms with van der Waals surface area (Å²) >= 11 is 0. The van der Waals surface area contributed by atoms with E-state index < -0.39 is 0 Å². The number of hydrogen-bond donors (Lipinski definition) is 1. The highest BCUT2D eigenvalue weighted by atomic mass is 16.5. The van der Waals surface area contributed by atoms with Crippen molar-refractivity contribution in [3.8, 4) is 22.8 Å². The van der Waals surface area contributed by atoms with Gasteiger partial charge < -0.3 is 9.26 Å². The molecular weight excluding hydrogens is 268 g/mol. The minimum Gasteiger partial charge on any atom is -0.381 e. The molecule has 1 aromatic carbocycles. The van der Waals surface area contributed by atoms with Crippen LogP contribution in [0.1, 0.15) is 18.2 Å². The van der Waals surface area contributed by atoms with Crippen LogP contribution in [-0.4, -0.2) is 33.6 Å². The van der Waals surface area contributed by atoms with Crippen molar-refractivity contribution in [2.24, 2.45) is 0 Å². The van der Waals surface area contributed by atoms with Gasteiger partial charge in [0.2, 0.25) is 0 Å². The summed E-state index contributed by atoms with van der Waals surface area (Å²) in [4.78, 5) is 4.44. The molecule has 4 rings (SSSR count). The molecule has 1 aliphatic heterocycles. The molecule has 21 heavy (non-hydrogen) atoms. The average Bonchev–Trinajstić information content (AvgIpc) is 3.27. The Morgan fingerprint density at radius 1 is 1.19 bits per heavy atom. The molecule has 6 nitrogen and oxygen atoms in total. The number of nitrogens with zero attached hydrogens (tertiary/aromatic N) is 3. The fraction of sp³-hybridized carbons (Fsp3) is 0.267. The minimum absolute atomic E-state index is 0.235. The van der Waals surface area contributed by atoms with Gasteiger partial charge in [-0.05, 0) is 12.5 Å². The Hall–Kier alpha value is -2.47. The summed E-state index contributed by atoms with van der Waals surface area (Å²) in [6, 6.07) is 11.9. The average molecular weight is 282 g/mol. The van der Waals surface area contributed by atoms with Crippen LogP contribution in [0.3, 0.4) is 0 Å². The van der Waals surface area contributed by atoms with Crippen LogP contribution < -0.4 is 0 Å². The molecule has 3 aromatic rings. The first-order chi connectivity index (χ1) is 10.4. The molecule has 0 spiro atoms. The van der Waals surface area contributed by atoms with E-state index >= 15 is 0 Å². The Labute approximate surface area is 121 Å². The minimum atomic E-state index is 0.235. The van der Waals surface area contributed by atoms with Gasteiger partial charge in [-0.1, -0.05) is 35.5 Å². The Morgan fingerprint density at radius 3 is 2.90 bits per heavy atom. The van der Waals surface area contributed by atoms with E-state index in [1.807, 2.05) is 36.4 Å². The molecule has 1 atom stereocenters. The third kappa shape index (κ3) is 2.34. The number of H-pyrrole nitrogens is 1. The van der Waals surface area contributed by atoms with Crippen molar-refractivity contribution in [2.75, 3.05) is 13.2 Å². The van der Waals surface area contributed by atoms with Gasteiger partial charge >= 0.3 is 0 Å². The van der Waals surface area contributed by atoms with Crippen molar-refractivity contribution in [1.82, 2.24) is 20.3 Å². The molecule has 0 amide bonds. The molecule has 1 saturated heterocycles. The largest absolute Gasteiger partial charge is 0.381 e. The van der Waals surface area contributed by atoms with E-state index in [-0.39, 0.29) is 5.92 Å². The topological polar surface area (TPSA) is 76.8 Å². The second-order valence-corrected chi connectivity index (χ2v) is 5.05. The fourth-order valence-corrected chi connectivity index (χ4v) is 2.44. The highest BCUT2D eigenvalue weighted by molar-refractivity contribution is 5.64. The second kappa shape index (κ2) is 5.14. The number of hydrogen-bond acceptors (Lipinski definition) is 5. The predicted octanol–water partition coefficient (Wildman–Crippen LogP) is 2.63. The lowest BCUT2D eigenvalue weighted by Gasteiger charge is -1.97. The fourth-order valence-electron chi connectivity index (χ4n) is 2.44. The van der Waals surface area contributed by atoms with Gasteiger partial charge in [0.15, 0.2) is 5.82 Å². The van der Waals surface area contributed by atoms with Gasteiger partial charge in [-0.15, -0.1) is 0 Å². The first-order valence-corrected chi connectivity index (χ1v) is 6.93. The van der Waals surface area contributed by atoms with Crippen molar-refractivity contribution in [3.05, 3.63) is 42.2 Å². The summed E-state index contributed by atoms with van der Waals surface area (Å²) < 4.78 is 10.7. The van der Waals surface area contributed by atoms with E-state index in [4.69, 9.17) is 9.26 Å². The van der Waals surface area contributed by atoms with Crippen LogP contribution in [0, 0.1) is 0 Å². The molecule has 1 unspecified atom stereocenters. The first-order valence-electron chi connectivity index (χ1n) is 6.93. The summed E-state index contributed by atoms with van der Waals surface area (Å²) in [5.74, 6) is 1.41. The standard InChI is InChI=1S/C15H14N4O2/c1-2-4-10(5-3-1)12-8-13(18-17-12)15-16-14(19-21-15)11-6-7-20-9-11/h1-5,8,11H,6-7,9H2,(H,17,18). The van der Waals surface area contributed by atoms with E-state index in [0.29, 0.717) is 18.3 Å². The molecule has 1 aliphatic rings. The third-order valence-corrected chi connectivity index (χ3v) is 3.61. The summed E-state index contributed by atoms with van der Waals surface area (Å²) in [6.07, 6.45) is 0.942. The molecule has 1 fully saturated rings. The first kappa shape index (κ1) is 12.3. The molecular formula is C15H14N4O2. The molecule has 0 radical (unpaired) electrons. The number of nitrogens with one attached hydrogen (secondary N) is 1. The van der Waals surface area contributed by atoms with E-state index in [1.165, 1.54) is 0 Å². The monoisotopic (exact) mass is 282 g/mol. The number of benzene rings is 1. The van der Waals surface area contributed by atoms with E-state index in [1.54, 1.807) is 0 Å². The van der Waals surface area contributed by atoms with E-state index in [9.17, 15) is 0 Å². The van der Waals surface area contributed by atoms with Crippen LogP contribution in [0.4, 0.5) is 0 Å². The van der Waals surface area contributed by atoms with Crippen LogP contribution >= 0.6 is 0 Å². The van der Waals surface area contributed by atoms with Crippen molar-refractivity contribution in [2.45, 2.75) is 12.3 Å². The Kier molecular flexibility index (Phi) is 3.01. The Balaban J connectivity index is 1.61. The number of rotatable bonds is 3. The maximum atomic E-state index is 5.35. The van der Waals surface area contributed by atoms with Crippen molar-refractivity contribution < 1.29 is 9.26 Å². The van der Waals surface area contributed by atoms with Crippen LogP contribution in [-0.2, 0) is 4.74 Å². The maximum absolute atomic E-state index is 5.35. The van der Waals surface area contributed by atoms with E-state index in [0.717, 1.165) is 30.0 Å². The lowest BCUT2D eigenvalue weighted by molar-refractivity contribution is 0.192. The predicted molar refractivity (Wildman–Crippen MR) is 75.5 cm³/mol. The SMILES string of the molecule is c1ccc(-c2cc(-c3nc(C4CCOC4)no3)[nH]n2)cc1. The summed E-state index contributed by atoms with van der Waals surface area (Å²) in [6.45, 7) is 1.42. The molecule has 6 heteroatoms. The number of aromatic nitrogens is 4. The zero-order chi connectivity index (χ0) is 14.1. The number of ether oxygens (including phenoxy) is 1. The van der Waals surface area contributed by atoms with Crippen molar-refractivity contribution >= 4 is 0 Å². The summed E-state index contributed by atoms with van der Waals surface area (Å²) in [7, 11) is 0. The highest BCUT2D eigenvalue weighted by Crippen LogP contribution is 2.26. The highest BCUT2D eigenvalue weighted by Gasteiger charge is 2.24. The summed E-state index contributed by atoms with van der Waals surface area (Å²) in [5, 5.41) is 11.3. The molecule has 106 valence electrons. The van der Waals surface area contributed by atoms with Gasteiger partial charge in [0, 0.05) is 18.1 Å². The lowest BCUT2D eigenvalue weighted by atomic mass is 10.1. The van der Waals surface area contributed by atoms with Crippen molar-refractivity contribution in [3.63, 3.8) is 0 Å². The Morgan fingerprint density at radius 2 is 2.10 bits per heavy atom. The normalized spacial score (nSPS) is 18.2.